The van der Waals surface area contributed by atoms with Gasteiger partial charge >= 0.3 is 0 Å². The van der Waals surface area contributed by atoms with Crippen molar-refractivity contribution in [3.63, 3.8) is 0 Å². The van der Waals surface area contributed by atoms with Crippen LogP contribution in [0.25, 0.3) is 0 Å². The third-order valence-corrected chi connectivity index (χ3v) is 5.28. The summed E-state index contributed by atoms with van der Waals surface area (Å²) in [5.41, 5.74) is 0.275. The second-order valence-corrected chi connectivity index (χ2v) is 6.99. The number of aryl methyl sites for hydroxylation is 1. The Hall–Kier alpha value is -1.51. The topological polar surface area (TPSA) is 101 Å². The Labute approximate surface area is 123 Å². The number of sulfonamides is 1. The lowest BCUT2D eigenvalue weighted by Crippen LogP contribution is -2.27. The Balaban J connectivity index is 2.07. The van der Waals surface area contributed by atoms with Gasteiger partial charge in [0.05, 0.1) is 9.82 Å². The number of nitro benzene ring substituents is 1. The number of nitro groups is 1. The molecule has 0 spiro atoms. The highest BCUT2D eigenvalue weighted by Crippen LogP contribution is 2.21. The summed E-state index contributed by atoms with van der Waals surface area (Å²) in [5, 5.41) is 14.0. The molecular weight excluding hydrogens is 294 g/mol. The molecule has 2 rings (SSSR count). The molecule has 1 heterocycles. The molecule has 7 nitrogen and oxygen atoms in total. The largest absolute Gasteiger partial charge is 0.316 e. The number of rotatable bonds is 6. The summed E-state index contributed by atoms with van der Waals surface area (Å²) in [7, 11) is -3.71. The van der Waals surface area contributed by atoms with Crippen molar-refractivity contribution in [2.24, 2.45) is 5.92 Å². The zero-order valence-corrected chi connectivity index (χ0v) is 12.6. The molecule has 0 bridgehead atoms. The molecule has 21 heavy (non-hydrogen) atoms. The first kappa shape index (κ1) is 15.9. The molecule has 116 valence electrons. The smallest absolute Gasteiger partial charge is 0.270 e. The van der Waals surface area contributed by atoms with E-state index in [1.54, 1.807) is 6.92 Å². The van der Waals surface area contributed by atoms with Crippen LogP contribution in [0.4, 0.5) is 5.69 Å². The van der Waals surface area contributed by atoms with Crippen molar-refractivity contribution in [1.82, 2.24) is 10.0 Å². The van der Waals surface area contributed by atoms with Crippen LogP contribution in [-0.2, 0) is 10.0 Å². The second-order valence-electron chi connectivity index (χ2n) is 5.25. The van der Waals surface area contributed by atoms with E-state index >= 15 is 0 Å². The summed E-state index contributed by atoms with van der Waals surface area (Å²) >= 11 is 0. The summed E-state index contributed by atoms with van der Waals surface area (Å²) < 4.78 is 27.0. The van der Waals surface area contributed by atoms with E-state index in [0.29, 0.717) is 18.0 Å². The number of nitrogens with one attached hydrogen (secondary N) is 2. The van der Waals surface area contributed by atoms with Gasteiger partial charge in [-0.1, -0.05) is 6.07 Å². The number of non-ortho nitro benzene ring substituents is 1. The highest BCUT2D eigenvalue weighted by molar-refractivity contribution is 7.89. The van der Waals surface area contributed by atoms with Gasteiger partial charge in [-0.15, -0.1) is 0 Å². The maximum absolute atomic E-state index is 12.3. The Morgan fingerprint density at radius 3 is 2.86 bits per heavy atom. The molecular formula is C13H19N3O4S. The van der Waals surface area contributed by atoms with Crippen LogP contribution in [0.3, 0.4) is 0 Å². The van der Waals surface area contributed by atoms with E-state index in [4.69, 9.17) is 0 Å². The minimum Gasteiger partial charge on any atom is -0.316 e. The van der Waals surface area contributed by atoms with Crippen molar-refractivity contribution in [3.8, 4) is 0 Å². The lowest BCUT2D eigenvalue weighted by molar-refractivity contribution is -0.385. The maximum atomic E-state index is 12.3. The zero-order chi connectivity index (χ0) is 15.5. The molecule has 0 radical (unpaired) electrons. The first-order valence-corrected chi connectivity index (χ1v) is 8.34. The van der Waals surface area contributed by atoms with E-state index in [1.807, 2.05) is 0 Å². The van der Waals surface area contributed by atoms with Gasteiger partial charge in [0.25, 0.3) is 5.69 Å². The molecule has 1 fully saturated rings. The average molecular weight is 313 g/mol. The molecule has 1 saturated heterocycles. The van der Waals surface area contributed by atoms with Gasteiger partial charge in [-0.3, -0.25) is 10.1 Å². The van der Waals surface area contributed by atoms with Gasteiger partial charge in [0.15, 0.2) is 0 Å². The van der Waals surface area contributed by atoms with Crippen molar-refractivity contribution in [2.45, 2.75) is 24.7 Å². The van der Waals surface area contributed by atoms with Crippen molar-refractivity contribution < 1.29 is 13.3 Å². The quantitative estimate of drug-likeness (QED) is 0.606. The van der Waals surface area contributed by atoms with Gasteiger partial charge in [-0.05, 0) is 44.3 Å². The molecule has 0 aliphatic carbocycles. The van der Waals surface area contributed by atoms with Crippen LogP contribution in [0.5, 0.6) is 0 Å². The van der Waals surface area contributed by atoms with Gasteiger partial charge in [0.1, 0.15) is 0 Å². The molecule has 0 saturated carbocycles. The molecule has 1 aliphatic rings. The fraction of sp³-hybridized carbons (Fsp3) is 0.538. The molecule has 1 atom stereocenters. The summed E-state index contributed by atoms with van der Waals surface area (Å²) in [6, 6.07) is 3.86. The van der Waals surface area contributed by atoms with Crippen molar-refractivity contribution in [3.05, 3.63) is 33.9 Å². The number of nitrogens with zero attached hydrogens (tertiary/aromatic N) is 1. The van der Waals surface area contributed by atoms with Gasteiger partial charge < -0.3 is 5.32 Å². The van der Waals surface area contributed by atoms with E-state index in [-0.39, 0.29) is 10.6 Å². The Bertz CT molecular complexity index is 624. The van der Waals surface area contributed by atoms with E-state index in [2.05, 4.69) is 10.0 Å². The van der Waals surface area contributed by atoms with Crippen LogP contribution in [0.15, 0.2) is 23.1 Å². The Morgan fingerprint density at radius 1 is 1.48 bits per heavy atom. The maximum Gasteiger partial charge on any atom is 0.270 e. The number of hydrogen-bond acceptors (Lipinski definition) is 5. The normalized spacial score (nSPS) is 18.8. The van der Waals surface area contributed by atoms with Crippen LogP contribution in [0.1, 0.15) is 18.4 Å². The SMILES string of the molecule is Cc1ccc([N+](=O)[O-])cc1S(=O)(=O)NCCC1CCNC1. The Kier molecular flexibility index (Phi) is 4.92. The third kappa shape index (κ3) is 3.99. The van der Waals surface area contributed by atoms with E-state index in [9.17, 15) is 18.5 Å². The molecule has 1 unspecified atom stereocenters. The second kappa shape index (κ2) is 6.50. The predicted molar refractivity (Wildman–Crippen MR) is 78.6 cm³/mol. The van der Waals surface area contributed by atoms with Gasteiger partial charge in [-0.25, -0.2) is 13.1 Å². The first-order chi connectivity index (χ1) is 9.90. The minimum absolute atomic E-state index is 0.0266. The summed E-state index contributed by atoms with van der Waals surface area (Å²) in [4.78, 5) is 10.1. The molecule has 1 aliphatic heterocycles. The standard InChI is InChI=1S/C13H19N3O4S/c1-10-2-3-12(16(17)18)8-13(10)21(19,20)15-7-5-11-4-6-14-9-11/h2-3,8,11,14-15H,4-7,9H2,1H3. The highest BCUT2D eigenvalue weighted by atomic mass is 32.2. The predicted octanol–water partition coefficient (Wildman–Crippen LogP) is 1.18. The van der Waals surface area contributed by atoms with Crippen LogP contribution in [0, 0.1) is 23.0 Å². The Morgan fingerprint density at radius 2 is 2.24 bits per heavy atom. The number of hydrogen-bond donors (Lipinski definition) is 2. The molecule has 8 heteroatoms. The van der Waals surface area contributed by atoms with E-state index in [0.717, 1.165) is 32.0 Å². The van der Waals surface area contributed by atoms with Crippen LogP contribution >= 0.6 is 0 Å². The lowest BCUT2D eigenvalue weighted by Gasteiger charge is -2.11. The van der Waals surface area contributed by atoms with Gasteiger partial charge in [-0.2, -0.15) is 0 Å². The summed E-state index contributed by atoms with van der Waals surface area (Å²) in [6.45, 7) is 3.86. The molecule has 2 N–H and O–H groups in total. The molecule has 1 aromatic rings. The average Bonchev–Trinajstić information content (AvgIpc) is 2.91. The summed E-state index contributed by atoms with van der Waals surface area (Å²) in [5.74, 6) is 0.485. The van der Waals surface area contributed by atoms with E-state index < -0.39 is 14.9 Å². The molecule has 1 aromatic carbocycles. The van der Waals surface area contributed by atoms with Gasteiger partial charge in [0.2, 0.25) is 10.0 Å². The van der Waals surface area contributed by atoms with Gasteiger partial charge in [0, 0.05) is 18.7 Å². The lowest BCUT2D eigenvalue weighted by atomic mass is 10.1. The van der Waals surface area contributed by atoms with Crippen molar-refractivity contribution in [1.29, 1.82) is 0 Å². The highest BCUT2D eigenvalue weighted by Gasteiger charge is 2.21. The monoisotopic (exact) mass is 313 g/mol. The van der Waals surface area contributed by atoms with Crippen molar-refractivity contribution >= 4 is 15.7 Å². The molecule has 0 aromatic heterocycles. The van der Waals surface area contributed by atoms with Crippen LogP contribution in [0.2, 0.25) is 0 Å². The van der Waals surface area contributed by atoms with E-state index in [1.165, 1.54) is 12.1 Å². The fourth-order valence-corrected chi connectivity index (χ4v) is 3.74. The zero-order valence-electron chi connectivity index (χ0n) is 11.8. The fourth-order valence-electron chi connectivity index (χ4n) is 2.43. The van der Waals surface area contributed by atoms with Crippen LogP contribution in [-0.4, -0.2) is 33.0 Å². The third-order valence-electron chi connectivity index (χ3n) is 3.68. The summed E-state index contributed by atoms with van der Waals surface area (Å²) in [6.07, 6.45) is 1.82. The minimum atomic E-state index is -3.71. The van der Waals surface area contributed by atoms with Crippen LogP contribution < -0.4 is 10.0 Å². The van der Waals surface area contributed by atoms with Crippen molar-refractivity contribution in [2.75, 3.05) is 19.6 Å². The molecule has 0 amide bonds. The number of benzene rings is 1. The first-order valence-electron chi connectivity index (χ1n) is 6.85.